The summed E-state index contributed by atoms with van der Waals surface area (Å²) in [6.45, 7) is 0.177. The van der Waals surface area contributed by atoms with Crippen LogP contribution in [0.3, 0.4) is 0 Å². The number of benzene rings is 3. The first-order valence-electron chi connectivity index (χ1n) is 11.3. The Bertz CT molecular complexity index is 1350. The summed E-state index contributed by atoms with van der Waals surface area (Å²) in [6, 6.07) is 17.7. The first kappa shape index (κ1) is 21.6. The van der Waals surface area contributed by atoms with Crippen molar-refractivity contribution >= 4 is 17.2 Å². The second kappa shape index (κ2) is 8.08. The number of halogens is 3. The average molecular weight is 478 g/mol. The first-order valence-corrected chi connectivity index (χ1v) is 11.3. The van der Waals surface area contributed by atoms with Crippen LogP contribution in [0.4, 0.5) is 24.5 Å². The molecule has 0 unspecified atom stereocenters. The minimum Gasteiger partial charge on any atom is -0.454 e. The molecule has 2 atom stereocenters. The zero-order valence-electron chi connectivity index (χ0n) is 18.5. The number of para-hydroxylation sites is 2. The van der Waals surface area contributed by atoms with E-state index in [9.17, 15) is 18.0 Å². The van der Waals surface area contributed by atoms with Crippen LogP contribution in [0.2, 0.25) is 0 Å². The molecule has 0 aromatic heterocycles. The van der Waals surface area contributed by atoms with Crippen molar-refractivity contribution in [1.82, 2.24) is 0 Å². The van der Waals surface area contributed by atoms with E-state index in [-0.39, 0.29) is 24.9 Å². The van der Waals surface area contributed by atoms with Crippen LogP contribution >= 0.6 is 0 Å². The van der Waals surface area contributed by atoms with Gasteiger partial charge < -0.3 is 20.1 Å². The van der Waals surface area contributed by atoms with Crippen molar-refractivity contribution in [1.29, 1.82) is 0 Å². The standard InChI is InChI=1S/C27H21F3N2O3/c28-27(29,30)18-8-5-15(6-9-18)26-25-21(31-19-3-1-2-4-20(19)32-26)11-17(12-22(25)33)16-7-10-23-24(13-16)35-14-34-23/h1-10,13,17,26,31-32H,11-12,14H2/t17-,26+/m0/s1. The molecule has 0 fully saturated rings. The Balaban J connectivity index is 1.40. The number of alkyl halides is 3. The highest BCUT2D eigenvalue weighted by Crippen LogP contribution is 2.46. The lowest BCUT2D eigenvalue weighted by atomic mass is 9.78. The molecule has 2 heterocycles. The van der Waals surface area contributed by atoms with Gasteiger partial charge in [0.1, 0.15) is 0 Å². The van der Waals surface area contributed by atoms with Crippen molar-refractivity contribution in [3.63, 3.8) is 0 Å². The monoisotopic (exact) mass is 478 g/mol. The number of anilines is 2. The molecule has 0 saturated carbocycles. The Kier molecular flexibility index (Phi) is 4.98. The maximum absolute atomic E-state index is 13.6. The van der Waals surface area contributed by atoms with E-state index in [0.717, 1.165) is 34.8 Å². The number of carbonyl (C=O) groups excluding carboxylic acids is 1. The van der Waals surface area contributed by atoms with Crippen LogP contribution in [0.5, 0.6) is 11.5 Å². The fraction of sp³-hybridized carbons (Fsp3) is 0.222. The molecule has 3 aliphatic rings. The molecule has 3 aromatic rings. The minimum absolute atomic E-state index is 0.0494. The molecule has 178 valence electrons. The maximum Gasteiger partial charge on any atom is 0.416 e. The Morgan fingerprint density at radius 3 is 2.31 bits per heavy atom. The van der Waals surface area contributed by atoms with Gasteiger partial charge in [-0.25, -0.2) is 0 Å². The highest BCUT2D eigenvalue weighted by molar-refractivity contribution is 6.01. The van der Waals surface area contributed by atoms with Crippen LogP contribution in [0.25, 0.3) is 0 Å². The van der Waals surface area contributed by atoms with E-state index in [2.05, 4.69) is 10.6 Å². The Hall–Kier alpha value is -3.94. The molecule has 2 N–H and O–H groups in total. The molecular weight excluding hydrogens is 457 g/mol. The lowest BCUT2D eigenvalue weighted by Gasteiger charge is -2.30. The van der Waals surface area contributed by atoms with Gasteiger partial charge in [0.05, 0.1) is 23.0 Å². The first-order chi connectivity index (χ1) is 16.9. The SMILES string of the molecule is O=C1C[C@@H](c2ccc3c(c2)OCO3)CC2=C1[C@@H](c1ccc(C(F)(F)F)cc1)Nc1ccccc1N2. The van der Waals surface area contributed by atoms with E-state index >= 15 is 0 Å². The van der Waals surface area contributed by atoms with Crippen LogP contribution in [-0.2, 0) is 11.0 Å². The zero-order valence-corrected chi connectivity index (χ0v) is 18.5. The predicted molar refractivity (Wildman–Crippen MR) is 124 cm³/mol. The number of nitrogens with one attached hydrogen (secondary N) is 2. The molecule has 0 spiro atoms. The van der Waals surface area contributed by atoms with Gasteiger partial charge in [0.25, 0.3) is 0 Å². The third kappa shape index (κ3) is 3.88. The lowest BCUT2D eigenvalue weighted by Crippen LogP contribution is -2.27. The minimum atomic E-state index is -4.42. The van der Waals surface area contributed by atoms with E-state index in [0.29, 0.717) is 29.1 Å². The molecule has 0 saturated heterocycles. The molecule has 8 heteroatoms. The molecule has 1 aliphatic carbocycles. The molecule has 0 amide bonds. The summed E-state index contributed by atoms with van der Waals surface area (Å²) >= 11 is 0. The molecule has 5 nitrogen and oxygen atoms in total. The van der Waals surface area contributed by atoms with Gasteiger partial charge in [-0.1, -0.05) is 30.3 Å². The fourth-order valence-corrected chi connectivity index (χ4v) is 5.01. The van der Waals surface area contributed by atoms with E-state index in [1.807, 2.05) is 42.5 Å². The summed E-state index contributed by atoms with van der Waals surface area (Å²) in [7, 11) is 0. The summed E-state index contributed by atoms with van der Waals surface area (Å²) in [5.41, 5.74) is 3.77. The van der Waals surface area contributed by atoms with Crippen molar-refractivity contribution in [2.24, 2.45) is 0 Å². The number of carbonyl (C=O) groups is 1. The van der Waals surface area contributed by atoms with Crippen molar-refractivity contribution in [2.75, 3.05) is 17.4 Å². The van der Waals surface area contributed by atoms with Crippen LogP contribution < -0.4 is 20.1 Å². The summed E-state index contributed by atoms with van der Waals surface area (Å²) < 4.78 is 50.3. The van der Waals surface area contributed by atoms with Gasteiger partial charge in [-0.15, -0.1) is 0 Å². The fourth-order valence-electron chi connectivity index (χ4n) is 5.01. The van der Waals surface area contributed by atoms with Gasteiger partial charge >= 0.3 is 6.18 Å². The number of Topliss-reactive ketones (excluding diaryl/α,β-unsaturated/α-hetero) is 1. The van der Waals surface area contributed by atoms with E-state index < -0.39 is 17.8 Å². The van der Waals surface area contributed by atoms with Gasteiger partial charge in [-0.05, 0) is 59.9 Å². The largest absolute Gasteiger partial charge is 0.454 e. The quantitative estimate of drug-likeness (QED) is 0.446. The third-order valence-electron chi connectivity index (χ3n) is 6.75. The van der Waals surface area contributed by atoms with Crippen molar-refractivity contribution in [3.05, 3.63) is 94.7 Å². The highest BCUT2D eigenvalue weighted by Gasteiger charge is 2.37. The lowest BCUT2D eigenvalue weighted by molar-refractivity contribution is -0.137. The highest BCUT2D eigenvalue weighted by atomic mass is 19.4. The number of rotatable bonds is 2. The predicted octanol–water partition coefficient (Wildman–Crippen LogP) is 6.41. The van der Waals surface area contributed by atoms with Gasteiger partial charge in [-0.2, -0.15) is 13.2 Å². The Labute approximate surface area is 199 Å². The van der Waals surface area contributed by atoms with Crippen LogP contribution in [0.1, 0.15) is 41.5 Å². The zero-order chi connectivity index (χ0) is 24.2. The van der Waals surface area contributed by atoms with E-state index in [1.54, 1.807) is 0 Å². The Morgan fingerprint density at radius 2 is 1.54 bits per heavy atom. The topological polar surface area (TPSA) is 59.6 Å². The second-order valence-electron chi connectivity index (χ2n) is 8.90. The average Bonchev–Trinajstić information content (AvgIpc) is 3.24. The van der Waals surface area contributed by atoms with Crippen molar-refractivity contribution in [3.8, 4) is 11.5 Å². The second-order valence-corrected chi connectivity index (χ2v) is 8.90. The molecule has 0 radical (unpaired) electrons. The smallest absolute Gasteiger partial charge is 0.416 e. The summed E-state index contributed by atoms with van der Waals surface area (Å²) in [5.74, 6) is 1.23. The maximum atomic E-state index is 13.6. The molecule has 3 aromatic carbocycles. The molecule has 35 heavy (non-hydrogen) atoms. The van der Waals surface area contributed by atoms with Gasteiger partial charge in [0.15, 0.2) is 17.3 Å². The summed E-state index contributed by atoms with van der Waals surface area (Å²) in [4.78, 5) is 13.6. The van der Waals surface area contributed by atoms with Gasteiger partial charge in [-0.3, -0.25) is 4.79 Å². The third-order valence-corrected chi connectivity index (χ3v) is 6.75. The number of ether oxygens (including phenoxy) is 2. The number of fused-ring (bicyclic) bond motifs is 2. The van der Waals surface area contributed by atoms with E-state index in [4.69, 9.17) is 9.47 Å². The van der Waals surface area contributed by atoms with Crippen molar-refractivity contribution < 1.29 is 27.4 Å². The van der Waals surface area contributed by atoms with Crippen LogP contribution in [0.15, 0.2) is 78.0 Å². The molecule has 2 aliphatic heterocycles. The van der Waals surface area contributed by atoms with Crippen molar-refractivity contribution in [2.45, 2.75) is 31.0 Å². The van der Waals surface area contributed by atoms with Crippen LogP contribution in [0, 0.1) is 0 Å². The van der Waals surface area contributed by atoms with Crippen LogP contribution in [-0.4, -0.2) is 12.6 Å². The Morgan fingerprint density at radius 1 is 0.829 bits per heavy atom. The number of ketones is 1. The molecule has 0 bridgehead atoms. The summed E-state index contributed by atoms with van der Waals surface area (Å²) in [5, 5.41) is 6.83. The number of allylic oxidation sites excluding steroid dienone is 1. The van der Waals surface area contributed by atoms with Gasteiger partial charge in [0.2, 0.25) is 6.79 Å². The number of hydrogen-bond donors (Lipinski definition) is 2. The summed E-state index contributed by atoms with van der Waals surface area (Å²) in [6.07, 6.45) is -3.56. The normalized spacial score (nSPS) is 20.9. The van der Waals surface area contributed by atoms with E-state index in [1.165, 1.54) is 12.1 Å². The molecular formula is C27H21F3N2O3. The number of hydrogen-bond acceptors (Lipinski definition) is 5. The molecule has 6 rings (SSSR count). The van der Waals surface area contributed by atoms with Gasteiger partial charge in [0, 0.05) is 17.7 Å².